The Morgan fingerprint density at radius 1 is 1.09 bits per heavy atom. The highest BCUT2D eigenvalue weighted by molar-refractivity contribution is 7.18. The van der Waals surface area contributed by atoms with Crippen LogP contribution in [0.15, 0.2) is 30.6 Å². The van der Waals surface area contributed by atoms with Crippen LogP contribution in [0.1, 0.15) is 16.0 Å². The number of hydrogen-bond donors (Lipinski definition) is 0. The SMILES string of the molecule is Cc1sc2ncnc(Oc3ccccc3C(F)(F)F)c2c1C. The molecule has 3 nitrogen and oxygen atoms in total. The maximum absolute atomic E-state index is 13.0. The Bertz CT molecular complexity index is 842. The number of rotatable bonds is 2. The standard InChI is InChI=1S/C15H11F3N2OS/c1-8-9(2)22-14-12(8)13(19-7-20-14)21-11-6-4-3-5-10(11)15(16,17)18/h3-7H,1-2H3. The van der Waals surface area contributed by atoms with Gasteiger partial charge in [0.2, 0.25) is 5.88 Å². The summed E-state index contributed by atoms with van der Waals surface area (Å²) in [6, 6.07) is 5.09. The van der Waals surface area contributed by atoms with Gasteiger partial charge in [0.25, 0.3) is 0 Å². The van der Waals surface area contributed by atoms with E-state index >= 15 is 0 Å². The van der Waals surface area contributed by atoms with Gasteiger partial charge in [-0.2, -0.15) is 13.2 Å². The second-order valence-corrected chi connectivity index (χ2v) is 5.94. The van der Waals surface area contributed by atoms with Crippen molar-refractivity contribution in [1.29, 1.82) is 0 Å². The van der Waals surface area contributed by atoms with Gasteiger partial charge in [-0.05, 0) is 31.5 Å². The molecule has 0 unspecified atom stereocenters. The van der Waals surface area contributed by atoms with Crippen LogP contribution in [0.4, 0.5) is 13.2 Å². The number of para-hydroxylation sites is 1. The number of hydrogen-bond acceptors (Lipinski definition) is 4. The van der Waals surface area contributed by atoms with E-state index in [1.165, 1.54) is 35.9 Å². The second kappa shape index (κ2) is 5.24. The van der Waals surface area contributed by atoms with Crippen molar-refractivity contribution in [3.63, 3.8) is 0 Å². The molecule has 0 saturated carbocycles. The third kappa shape index (κ3) is 2.52. The first-order chi connectivity index (χ1) is 10.4. The molecule has 0 aliphatic heterocycles. The second-order valence-electron chi connectivity index (χ2n) is 4.74. The van der Waals surface area contributed by atoms with Gasteiger partial charge in [0.15, 0.2) is 0 Å². The van der Waals surface area contributed by atoms with Crippen LogP contribution in [-0.2, 0) is 6.18 Å². The number of halogens is 3. The van der Waals surface area contributed by atoms with Crippen molar-refractivity contribution in [2.24, 2.45) is 0 Å². The molecule has 0 aliphatic rings. The maximum atomic E-state index is 13.0. The highest BCUT2D eigenvalue weighted by atomic mass is 32.1. The van der Waals surface area contributed by atoms with Gasteiger partial charge < -0.3 is 4.74 Å². The minimum Gasteiger partial charge on any atom is -0.438 e. The fourth-order valence-corrected chi connectivity index (χ4v) is 3.11. The Labute approximate surface area is 128 Å². The predicted molar refractivity (Wildman–Crippen MR) is 78.4 cm³/mol. The largest absolute Gasteiger partial charge is 0.438 e. The summed E-state index contributed by atoms with van der Waals surface area (Å²) in [6.07, 6.45) is -3.19. The molecule has 0 saturated heterocycles. The molecule has 2 heterocycles. The summed E-state index contributed by atoms with van der Waals surface area (Å²) >= 11 is 1.46. The molecule has 0 fully saturated rings. The van der Waals surface area contributed by atoms with E-state index in [0.29, 0.717) is 10.2 Å². The average molecular weight is 324 g/mol. The number of ether oxygens (including phenoxy) is 1. The van der Waals surface area contributed by atoms with E-state index in [2.05, 4.69) is 9.97 Å². The first-order valence-electron chi connectivity index (χ1n) is 6.42. The number of nitrogens with zero attached hydrogens (tertiary/aromatic N) is 2. The molecule has 0 spiro atoms. The molecule has 0 radical (unpaired) electrons. The summed E-state index contributed by atoms with van der Waals surface area (Å²) in [6.45, 7) is 3.80. The molecule has 0 N–H and O–H groups in total. The fourth-order valence-electron chi connectivity index (χ4n) is 2.12. The highest BCUT2D eigenvalue weighted by Gasteiger charge is 2.34. The van der Waals surface area contributed by atoms with Gasteiger partial charge in [-0.25, -0.2) is 9.97 Å². The van der Waals surface area contributed by atoms with Crippen LogP contribution in [0, 0.1) is 13.8 Å². The van der Waals surface area contributed by atoms with Crippen molar-refractivity contribution >= 4 is 21.6 Å². The number of aromatic nitrogens is 2. The minimum absolute atomic E-state index is 0.142. The molecular weight excluding hydrogens is 313 g/mol. The molecule has 114 valence electrons. The van der Waals surface area contributed by atoms with Crippen molar-refractivity contribution < 1.29 is 17.9 Å². The Hall–Kier alpha value is -2.15. The van der Waals surface area contributed by atoms with Crippen molar-refractivity contribution in [3.8, 4) is 11.6 Å². The number of fused-ring (bicyclic) bond motifs is 1. The quantitative estimate of drug-likeness (QED) is 0.656. The Morgan fingerprint density at radius 2 is 1.82 bits per heavy atom. The van der Waals surface area contributed by atoms with E-state index in [0.717, 1.165) is 16.5 Å². The van der Waals surface area contributed by atoms with Crippen molar-refractivity contribution in [2.75, 3.05) is 0 Å². The van der Waals surface area contributed by atoms with E-state index in [9.17, 15) is 13.2 Å². The molecule has 0 atom stereocenters. The smallest absolute Gasteiger partial charge is 0.419 e. The zero-order valence-corrected chi connectivity index (χ0v) is 12.5. The third-order valence-electron chi connectivity index (χ3n) is 3.33. The van der Waals surface area contributed by atoms with E-state index in [-0.39, 0.29) is 11.6 Å². The van der Waals surface area contributed by atoms with Gasteiger partial charge in [0.1, 0.15) is 16.9 Å². The van der Waals surface area contributed by atoms with Crippen LogP contribution in [-0.4, -0.2) is 9.97 Å². The third-order valence-corrected chi connectivity index (χ3v) is 4.44. The number of benzene rings is 1. The predicted octanol–water partition coefficient (Wildman–Crippen LogP) is 5.12. The van der Waals surface area contributed by atoms with Gasteiger partial charge in [0, 0.05) is 4.88 Å². The first kappa shape index (κ1) is 14.8. The van der Waals surface area contributed by atoms with Gasteiger partial charge in [-0.15, -0.1) is 11.3 Å². The summed E-state index contributed by atoms with van der Waals surface area (Å²) in [5.74, 6) is -0.123. The topological polar surface area (TPSA) is 35.0 Å². The number of aryl methyl sites for hydroxylation is 2. The van der Waals surface area contributed by atoms with Gasteiger partial charge in [-0.3, -0.25) is 0 Å². The summed E-state index contributed by atoms with van der Waals surface area (Å²) < 4.78 is 44.6. The molecule has 0 amide bonds. The number of alkyl halides is 3. The van der Waals surface area contributed by atoms with E-state index < -0.39 is 11.7 Å². The molecule has 0 aliphatic carbocycles. The first-order valence-corrected chi connectivity index (χ1v) is 7.24. The van der Waals surface area contributed by atoms with Gasteiger partial charge >= 0.3 is 6.18 Å². The Balaban J connectivity index is 2.12. The van der Waals surface area contributed by atoms with E-state index in [1.54, 1.807) is 0 Å². The number of thiophene rings is 1. The van der Waals surface area contributed by atoms with Gasteiger partial charge in [0.05, 0.1) is 10.9 Å². The highest BCUT2D eigenvalue weighted by Crippen LogP contribution is 2.40. The Morgan fingerprint density at radius 3 is 2.55 bits per heavy atom. The minimum atomic E-state index is -4.48. The summed E-state index contributed by atoms with van der Waals surface area (Å²) in [4.78, 5) is 9.88. The van der Waals surface area contributed by atoms with Crippen LogP contribution < -0.4 is 4.74 Å². The molecule has 22 heavy (non-hydrogen) atoms. The lowest BCUT2D eigenvalue weighted by molar-refractivity contribution is -0.138. The molecule has 0 bridgehead atoms. The fraction of sp³-hybridized carbons (Fsp3) is 0.200. The zero-order chi connectivity index (χ0) is 15.9. The summed E-state index contributed by atoms with van der Waals surface area (Å²) in [5.41, 5.74) is 0.0893. The van der Waals surface area contributed by atoms with Crippen LogP contribution >= 0.6 is 11.3 Å². The van der Waals surface area contributed by atoms with Crippen LogP contribution in [0.25, 0.3) is 10.2 Å². The molecular formula is C15H11F3N2OS. The van der Waals surface area contributed by atoms with Crippen LogP contribution in [0.5, 0.6) is 11.6 Å². The molecule has 3 aromatic rings. The normalized spacial score (nSPS) is 11.9. The lowest BCUT2D eigenvalue weighted by atomic mass is 10.2. The molecule has 2 aromatic heterocycles. The maximum Gasteiger partial charge on any atom is 0.419 e. The summed E-state index contributed by atoms with van der Waals surface area (Å²) in [5, 5.41) is 0.655. The van der Waals surface area contributed by atoms with Crippen molar-refractivity contribution in [2.45, 2.75) is 20.0 Å². The molecule has 3 rings (SSSR count). The Kier molecular flexibility index (Phi) is 3.52. The summed E-state index contributed by atoms with van der Waals surface area (Å²) in [7, 11) is 0. The molecule has 1 aromatic carbocycles. The molecule has 7 heteroatoms. The van der Waals surface area contributed by atoms with E-state index in [1.807, 2.05) is 13.8 Å². The van der Waals surface area contributed by atoms with Crippen LogP contribution in [0.2, 0.25) is 0 Å². The van der Waals surface area contributed by atoms with Gasteiger partial charge in [-0.1, -0.05) is 12.1 Å². The lowest BCUT2D eigenvalue weighted by Gasteiger charge is -2.13. The average Bonchev–Trinajstić information content (AvgIpc) is 2.75. The van der Waals surface area contributed by atoms with Crippen LogP contribution in [0.3, 0.4) is 0 Å². The monoisotopic (exact) mass is 324 g/mol. The van der Waals surface area contributed by atoms with Crippen molar-refractivity contribution in [3.05, 3.63) is 46.6 Å². The lowest BCUT2D eigenvalue weighted by Crippen LogP contribution is -2.07. The van der Waals surface area contributed by atoms with Crippen molar-refractivity contribution in [1.82, 2.24) is 9.97 Å². The van der Waals surface area contributed by atoms with E-state index in [4.69, 9.17) is 4.74 Å². The zero-order valence-electron chi connectivity index (χ0n) is 11.7.